The molecule has 2 amide bonds. The van der Waals surface area contributed by atoms with Gasteiger partial charge in [0.05, 0.1) is 33.6 Å². The van der Waals surface area contributed by atoms with Gasteiger partial charge in [-0.15, -0.1) is 0 Å². The van der Waals surface area contributed by atoms with Gasteiger partial charge in [0, 0.05) is 23.7 Å². The summed E-state index contributed by atoms with van der Waals surface area (Å²) in [5.74, 6) is -2.52. The molecule has 3 atom stereocenters. The molecule has 42 heavy (non-hydrogen) atoms. The number of hydrogen-bond acceptors (Lipinski definition) is 9. The lowest BCUT2D eigenvalue weighted by atomic mass is 9.90. The molecule has 0 unspecified atom stereocenters. The zero-order valence-electron chi connectivity index (χ0n) is 21.6. The van der Waals surface area contributed by atoms with Crippen LogP contribution in [0.5, 0.6) is 5.75 Å². The second-order valence-corrected chi connectivity index (χ2v) is 10.8. The predicted molar refractivity (Wildman–Crippen MR) is 153 cm³/mol. The molecule has 2 saturated heterocycles. The summed E-state index contributed by atoms with van der Waals surface area (Å²) >= 11 is 9.40. The third-order valence-electron chi connectivity index (χ3n) is 7.01. The van der Waals surface area contributed by atoms with E-state index in [1.807, 2.05) is 0 Å². The highest BCUT2D eigenvalue weighted by Gasteiger charge is 2.60. The summed E-state index contributed by atoms with van der Waals surface area (Å²) in [7, 11) is 1.56. The lowest BCUT2D eigenvalue weighted by Gasteiger charge is -2.28. The first-order valence-electron chi connectivity index (χ1n) is 12.5. The Morgan fingerprint density at radius 3 is 2.40 bits per heavy atom. The Labute approximate surface area is 251 Å². The number of aromatic nitrogens is 2. The van der Waals surface area contributed by atoms with Crippen molar-refractivity contribution in [3.63, 3.8) is 0 Å². The van der Waals surface area contributed by atoms with Crippen LogP contribution >= 0.6 is 27.5 Å². The van der Waals surface area contributed by atoms with Crippen LogP contribution < -0.4 is 14.7 Å². The second kappa shape index (κ2) is 10.7. The molecule has 3 heterocycles. The van der Waals surface area contributed by atoms with Crippen LogP contribution in [0, 0.1) is 16.0 Å². The maximum atomic E-state index is 13.8. The number of ether oxygens (including phenoxy) is 1. The van der Waals surface area contributed by atoms with Gasteiger partial charge in [0.2, 0.25) is 5.91 Å². The maximum absolute atomic E-state index is 13.8. The molecular formula is C28H19BrClN5O7. The van der Waals surface area contributed by atoms with Gasteiger partial charge in [0.1, 0.15) is 11.7 Å². The fraction of sp³-hybridized carbons (Fsp3) is 0.143. The molecule has 0 radical (unpaired) electrons. The van der Waals surface area contributed by atoms with E-state index in [-0.39, 0.29) is 22.2 Å². The van der Waals surface area contributed by atoms with Crippen molar-refractivity contribution in [1.29, 1.82) is 0 Å². The van der Waals surface area contributed by atoms with Crippen molar-refractivity contribution in [2.24, 2.45) is 13.0 Å². The van der Waals surface area contributed by atoms with Crippen LogP contribution in [0.25, 0.3) is 0 Å². The van der Waals surface area contributed by atoms with Crippen molar-refractivity contribution in [3.8, 4) is 5.75 Å². The van der Waals surface area contributed by atoms with Crippen LogP contribution in [0.1, 0.15) is 22.1 Å². The third-order valence-corrected chi connectivity index (χ3v) is 7.82. The molecule has 0 spiro atoms. The van der Waals surface area contributed by atoms with Crippen molar-refractivity contribution in [3.05, 3.63) is 110 Å². The minimum atomic E-state index is -1.17. The van der Waals surface area contributed by atoms with E-state index >= 15 is 0 Å². The average Bonchev–Trinajstić information content (AvgIpc) is 3.61. The Morgan fingerprint density at radius 1 is 1.05 bits per heavy atom. The minimum Gasteiger partial charge on any atom is -0.422 e. The van der Waals surface area contributed by atoms with Crippen molar-refractivity contribution in [2.45, 2.75) is 12.1 Å². The van der Waals surface area contributed by atoms with Gasteiger partial charge in [-0.3, -0.25) is 29.2 Å². The Hall–Kier alpha value is -4.59. The van der Waals surface area contributed by atoms with Gasteiger partial charge in [-0.25, -0.2) is 14.8 Å². The van der Waals surface area contributed by atoms with E-state index in [4.69, 9.17) is 21.2 Å². The number of non-ortho nitro benzene ring substituents is 1. The smallest absolute Gasteiger partial charge is 0.363 e. The maximum Gasteiger partial charge on any atom is 0.363 e. The zero-order chi connectivity index (χ0) is 29.7. The first-order chi connectivity index (χ1) is 20.1. The number of hydroxylamine groups is 1. The Kier molecular flexibility index (Phi) is 7.01. The summed E-state index contributed by atoms with van der Waals surface area (Å²) < 4.78 is 7.54. The normalized spacial score (nSPS) is 19.7. The van der Waals surface area contributed by atoms with Crippen LogP contribution in [0.15, 0.2) is 83.5 Å². The lowest BCUT2D eigenvalue weighted by molar-refractivity contribution is -0.384. The van der Waals surface area contributed by atoms with Crippen LogP contribution in [-0.2, 0) is 21.5 Å². The molecule has 14 heteroatoms. The average molecular weight is 653 g/mol. The van der Waals surface area contributed by atoms with Crippen LogP contribution in [-0.4, -0.2) is 38.6 Å². The van der Waals surface area contributed by atoms with E-state index in [2.05, 4.69) is 21.0 Å². The van der Waals surface area contributed by atoms with Crippen LogP contribution in [0.3, 0.4) is 0 Å². The van der Waals surface area contributed by atoms with E-state index in [1.165, 1.54) is 46.3 Å². The van der Waals surface area contributed by atoms with Crippen molar-refractivity contribution >= 4 is 62.4 Å². The van der Waals surface area contributed by atoms with Gasteiger partial charge in [-0.1, -0.05) is 45.7 Å². The fourth-order valence-corrected chi connectivity index (χ4v) is 5.60. The molecule has 2 aliphatic heterocycles. The predicted octanol–water partition coefficient (Wildman–Crippen LogP) is 5.01. The van der Waals surface area contributed by atoms with E-state index in [9.17, 15) is 24.5 Å². The number of aryl methyl sites for hydroxylation is 1. The summed E-state index contributed by atoms with van der Waals surface area (Å²) in [5.41, 5.74) is 1.12. The first-order valence-corrected chi connectivity index (χ1v) is 13.6. The highest BCUT2D eigenvalue weighted by molar-refractivity contribution is 9.10. The molecule has 3 aromatic carbocycles. The van der Waals surface area contributed by atoms with Crippen molar-refractivity contribution in [1.82, 2.24) is 9.78 Å². The number of nitrogens with zero attached hydrogens (tertiary/aromatic N) is 5. The largest absolute Gasteiger partial charge is 0.422 e. The number of amides is 2. The number of carbonyl (C=O) groups excluding carboxylic acids is 3. The van der Waals surface area contributed by atoms with Gasteiger partial charge in [-0.05, 0) is 48.0 Å². The summed E-state index contributed by atoms with van der Waals surface area (Å²) in [5, 5.41) is 16.9. The number of nitro benzene ring substituents is 1. The van der Waals surface area contributed by atoms with E-state index < -0.39 is 40.8 Å². The monoisotopic (exact) mass is 651 g/mol. The number of imide groups is 1. The highest BCUT2D eigenvalue weighted by atomic mass is 79.9. The second-order valence-electron chi connectivity index (χ2n) is 9.51. The van der Waals surface area contributed by atoms with Gasteiger partial charge in [0.25, 0.3) is 11.6 Å². The molecule has 2 fully saturated rings. The van der Waals surface area contributed by atoms with Crippen molar-refractivity contribution in [2.75, 3.05) is 9.96 Å². The number of hydrogen-bond donors (Lipinski definition) is 0. The number of rotatable bonds is 6. The summed E-state index contributed by atoms with van der Waals surface area (Å²) in [6.45, 7) is 0. The van der Waals surface area contributed by atoms with Gasteiger partial charge in [0.15, 0.2) is 11.8 Å². The Balaban J connectivity index is 1.36. The van der Waals surface area contributed by atoms with Gasteiger partial charge >= 0.3 is 5.97 Å². The quantitative estimate of drug-likeness (QED) is 0.0925. The molecule has 12 nitrogen and oxygen atoms in total. The standard InChI is InChI=1S/C28H19BrClN5O7/c1-32-24(21(30)14-31-32)28(38)41-20-11-5-15(6-12-20)23-22-25(42-34(23)18-3-2-4-19(13-18)35(39)40)27(37)33(26(22)36)17-9-7-16(29)8-10-17/h2-14,22-23,25H,1H3/t22-,23-,25-/m1/s1. The molecule has 0 saturated carbocycles. The molecule has 212 valence electrons. The number of anilines is 2. The Bertz CT molecular complexity index is 1720. The zero-order valence-corrected chi connectivity index (χ0v) is 23.9. The molecule has 4 aromatic rings. The van der Waals surface area contributed by atoms with Crippen LogP contribution in [0.4, 0.5) is 17.1 Å². The Morgan fingerprint density at radius 2 is 1.76 bits per heavy atom. The number of carbonyl (C=O) groups is 3. The van der Waals surface area contributed by atoms with E-state index in [1.54, 1.807) is 49.5 Å². The summed E-state index contributed by atoms with van der Waals surface area (Å²) in [6, 6.07) is 17.9. The molecule has 6 rings (SSSR count). The first kappa shape index (κ1) is 27.6. The minimum absolute atomic E-state index is 0.0766. The summed E-state index contributed by atoms with van der Waals surface area (Å²) in [6.07, 6.45) is 0.160. The summed E-state index contributed by atoms with van der Waals surface area (Å²) in [4.78, 5) is 58.1. The topological polar surface area (TPSA) is 137 Å². The number of fused-ring (bicyclic) bond motifs is 1. The SMILES string of the molecule is Cn1ncc(Cl)c1C(=O)Oc1ccc([C@@H]2[C@H]3C(=O)N(c4ccc(Br)cc4)C(=O)[C@@H]3ON2c2cccc([N+](=O)[O-])c2)cc1. The van der Waals surface area contributed by atoms with Gasteiger partial charge < -0.3 is 4.74 Å². The molecule has 1 aromatic heterocycles. The molecule has 0 N–H and O–H groups in total. The highest BCUT2D eigenvalue weighted by Crippen LogP contribution is 2.48. The number of halogens is 2. The molecule has 0 aliphatic carbocycles. The number of esters is 1. The van der Waals surface area contributed by atoms with Crippen molar-refractivity contribution < 1.29 is 28.9 Å². The molecular weight excluding hydrogens is 634 g/mol. The third kappa shape index (κ3) is 4.70. The number of nitro groups is 1. The van der Waals surface area contributed by atoms with E-state index in [0.717, 1.165) is 9.37 Å². The van der Waals surface area contributed by atoms with Crippen LogP contribution in [0.2, 0.25) is 5.02 Å². The fourth-order valence-electron chi connectivity index (χ4n) is 5.09. The lowest BCUT2D eigenvalue weighted by Crippen LogP contribution is -2.37. The van der Waals surface area contributed by atoms with E-state index in [0.29, 0.717) is 16.9 Å². The number of benzene rings is 3. The molecule has 0 bridgehead atoms. The van der Waals surface area contributed by atoms with Gasteiger partial charge in [-0.2, -0.15) is 5.10 Å². The molecule has 2 aliphatic rings.